The van der Waals surface area contributed by atoms with Crippen molar-refractivity contribution in [3.8, 4) is 0 Å². The summed E-state index contributed by atoms with van der Waals surface area (Å²) in [6, 6.07) is 3.51. The molecule has 1 N–H and O–H groups in total. The van der Waals surface area contributed by atoms with E-state index in [2.05, 4.69) is 39.9 Å². The fourth-order valence-corrected chi connectivity index (χ4v) is 3.39. The van der Waals surface area contributed by atoms with Crippen molar-refractivity contribution in [2.24, 2.45) is 0 Å². The van der Waals surface area contributed by atoms with Crippen LogP contribution in [0.4, 0.5) is 0 Å². The van der Waals surface area contributed by atoms with Gasteiger partial charge in [0.1, 0.15) is 0 Å². The predicted octanol–water partition coefficient (Wildman–Crippen LogP) is 5.70. The molecule has 0 amide bonds. The van der Waals surface area contributed by atoms with Crippen molar-refractivity contribution < 1.29 is 0 Å². The third kappa shape index (κ3) is 5.15. The van der Waals surface area contributed by atoms with Gasteiger partial charge >= 0.3 is 0 Å². The zero-order chi connectivity index (χ0) is 14.8. The van der Waals surface area contributed by atoms with E-state index in [0.717, 1.165) is 18.5 Å². The second-order valence-electron chi connectivity index (χ2n) is 6.56. The van der Waals surface area contributed by atoms with Gasteiger partial charge in [-0.15, -0.1) is 0 Å². The molecular weight excluding hydrogens is 301 g/mol. The maximum absolute atomic E-state index is 6.30. The molecule has 0 aliphatic heterocycles. The van der Waals surface area contributed by atoms with Crippen molar-refractivity contribution in [2.75, 3.05) is 6.54 Å². The minimum atomic E-state index is -0.100. The second-order valence-corrected chi connectivity index (χ2v) is 7.81. The van der Waals surface area contributed by atoms with Crippen LogP contribution in [0, 0.1) is 0 Å². The lowest BCUT2D eigenvalue weighted by Crippen LogP contribution is -2.38. The van der Waals surface area contributed by atoms with Crippen molar-refractivity contribution in [2.45, 2.75) is 52.0 Å². The van der Waals surface area contributed by atoms with E-state index in [0.29, 0.717) is 15.1 Å². The summed E-state index contributed by atoms with van der Waals surface area (Å²) in [6.07, 6.45) is 0.950. The van der Waals surface area contributed by atoms with Crippen LogP contribution in [0.25, 0.3) is 0 Å². The Bertz CT molecular complexity index is 424. The van der Waals surface area contributed by atoms with Crippen molar-refractivity contribution in [1.82, 2.24) is 5.32 Å². The van der Waals surface area contributed by atoms with Crippen molar-refractivity contribution in [3.05, 3.63) is 32.8 Å². The second kappa shape index (κ2) is 6.22. The van der Waals surface area contributed by atoms with Gasteiger partial charge in [0.15, 0.2) is 0 Å². The van der Waals surface area contributed by atoms with E-state index in [4.69, 9.17) is 34.8 Å². The zero-order valence-electron chi connectivity index (χ0n) is 12.2. The summed E-state index contributed by atoms with van der Waals surface area (Å²) in [7, 11) is 0. The van der Waals surface area contributed by atoms with Gasteiger partial charge in [-0.3, -0.25) is 0 Å². The number of rotatable bonds is 4. The van der Waals surface area contributed by atoms with E-state index in [1.165, 1.54) is 0 Å². The van der Waals surface area contributed by atoms with Gasteiger partial charge in [-0.1, -0.05) is 48.7 Å². The minimum Gasteiger partial charge on any atom is -0.312 e. The standard InChI is InChI=1S/C15H22Cl3N/c1-14(2,3)19-7-6-15(4,5)13-11(17)8-10(16)9-12(13)18/h8-9,19H,6-7H2,1-5H3. The Hall–Kier alpha value is 0.0500. The molecule has 1 aromatic carbocycles. The third-order valence-corrected chi connectivity index (χ3v) is 3.90. The molecule has 0 atom stereocenters. The molecule has 0 aromatic heterocycles. The monoisotopic (exact) mass is 321 g/mol. The molecule has 1 nitrogen and oxygen atoms in total. The average Bonchev–Trinajstić information content (AvgIpc) is 2.11. The number of nitrogens with one attached hydrogen (secondary N) is 1. The molecule has 0 aliphatic rings. The summed E-state index contributed by atoms with van der Waals surface area (Å²) in [6.45, 7) is 11.7. The Labute approximate surface area is 131 Å². The van der Waals surface area contributed by atoms with Crippen LogP contribution >= 0.6 is 34.8 Å². The zero-order valence-corrected chi connectivity index (χ0v) is 14.5. The van der Waals surface area contributed by atoms with Crippen LogP contribution in [-0.2, 0) is 5.41 Å². The molecule has 0 radical (unpaired) electrons. The molecule has 1 aromatic rings. The van der Waals surface area contributed by atoms with Gasteiger partial charge in [-0.25, -0.2) is 0 Å². The highest BCUT2D eigenvalue weighted by atomic mass is 35.5. The van der Waals surface area contributed by atoms with Gasteiger partial charge in [0.25, 0.3) is 0 Å². The quantitative estimate of drug-likeness (QED) is 0.749. The lowest BCUT2D eigenvalue weighted by Gasteiger charge is -2.30. The number of halogens is 3. The van der Waals surface area contributed by atoms with Crippen LogP contribution < -0.4 is 5.32 Å². The van der Waals surface area contributed by atoms with E-state index in [-0.39, 0.29) is 11.0 Å². The largest absolute Gasteiger partial charge is 0.312 e. The van der Waals surface area contributed by atoms with E-state index < -0.39 is 0 Å². The summed E-state index contributed by atoms with van der Waals surface area (Å²) < 4.78 is 0. The molecular formula is C15H22Cl3N. The lowest BCUT2D eigenvalue weighted by atomic mass is 9.81. The number of hydrogen-bond acceptors (Lipinski definition) is 1. The first-order valence-corrected chi connectivity index (χ1v) is 7.56. The Balaban J connectivity index is 2.88. The summed E-state index contributed by atoms with van der Waals surface area (Å²) in [4.78, 5) is 0. The summed E-state index contributed by atoms with van der Waals surface area (Å²) in [5, 5.41) is 5.33. The minimum absolute atomic E-state index is 0.100. The van der Waals surface area contributed by atoms with Crippen molar-refractivity contribution >= 4 is 34.8 Å². The smallest absolute Gasteiger partial charge is 0.0473 e. The van der Waals surface area contributed by atoms with Crippen molar-refractivity contribution in [3.63, 3.8) is 0 Å². The molecule has 0 bridgehead atoms. The van der Waals surface area contributed by atoms with Crippen LogP contribution in [0.1, 0.15) is 46.6 Å². The average molecular weight is 323 g/mol. The predicted molar refractivity (Wildman–Crippen MR) is 86.9 cm³/mol. The number of benzene rings is 1. The van der Waals surface area contributed by atoms with Crippen LogP contribution in [0.2, 0.25) is 15.1 Å². The van der Waals surface area contributed by atoms with E-state index in [1.807, 2.05) is 0 Å². The maximum Gasteiger partial charge on any atom is 0.0473 e. The van der Waals surface area contributed by atoms with Gasteiger partial charge in [-0.2, -0.15) is 0 Å². The highest BCUT2D eigenvalue weighted by Crippen LogP contribution is 2.39. The van der Waals surface area contributed by atoms with Crippen LogP contribution in [-0.4, -0.2) is 12.1 Å². The molecule has 4 heteroatoms. The Kier molecular flexibility index (Phi) is 5.60. The van der Waals surface area contributed by atoms with Crippen LogP contribution in [0.3, 0.4) is 0 Å². The molecule has 0 unspecified atom stereocenters. The first-order valence-electron chi connectivity index (χ1n) is 6.43. The number of hydrogen-bond donors (Lipinski definition) is 1. The van der Waals surface area contributed by atoms with E-state index >= 15 is 0 Å². The molecule has 108 valence electrons. The van der Waals surface area contributed by atoms with Gasteiger partial charge < -0.3 is 5.32 Å². The summed E-state index contributed by atoms with van der Waals surface area (Å²) >= 11 is 18.6. The molecule has 0 aliphatic carbocycles. The van der Waals surface area contributed by atoms with Crippen LogP contribution in [0.15, 0.2) is 12.1 Å². The topological polar surface area (TPSA) is 12.0 Å². The Morgan fingerprint density at radius 1 is 0.947 bits per heavy atom. The summed E-state index contributed by atoms with van der Waals surface area (Å²) in [5.74, 6) is 0. The molecule has 0 saturated heterocycles. The van der Waals surface area contributed by atoms with E-state index in [1.54, 1.807) is 12.1 Å². The first-order chi connectivity index (χ1) is 8.53. The molecule has 0 fully saturated rings. The van der Waals surface area contributed by atoms with Crippen molar-refractivity contribution in [1.29, 1.82) is 0 Å². The Morgan fingerprint density at radius 3 is 1.84 bits per heavy atom. The van der Waals surface area contributed by atoms with Gasteiger partial charge in [0.2, 0.25) is 0 Å². The third-order valence-electron chi connectivity index (χ3n) is 3.09. The van der Waals surface area contributed by atoms with Gasteiger partial charge in [0.05, 0.1) is 0 Å². The maximum atomic E-state index is 6.30. The molecule has 1 rings (SSSR count). The highest BCUT2D eigenvalue weighted by molar-refractivity contribution is 6.39. The molecule has 19 heavy (non-hydrogen) atoms. The lowest BCUT2D eigenvalue weighted by molar-refractivity contribution is 0.379. The Morgan fingerprint density at radius 2 is 1.42 bits per heavy atom. The first kappa shape index (κ1) is 17.1. The van der Waals surface area contributed by atoms with Gasteiger partial charge in [-0.05, 0) is 56.8 Å². The van der Waals surface area contributed by atoms with E-state index in [9.17, 15) is 0 Å². The SMILES string of the molecule is CC(C)(C)NCCC(C)(C)c1c(Cl)cc(Cl)cc1Cl. The normalized spacial score (nSPS) is 12.8. The molecule has 0 heterocycles. The fraction of sp³-hybridized carbons (Fsp3) is 0.600. The van der Waals surface area contributed by atoms with Crippen LogP contribution in [0.5, 0.6) is 0 Å². The summed E-state index contributed by atoms with van der Waals surface area (Å²) in [5.41, 5.74) is 0.983. The fourth-order valence-electron chi connectivity index (χ4n) is 2.06. The van der Waals surface area contributed by atoms with Gasteiger partial charge in [0, 0.05) is 20.6 Å². The molecule has 0 spiro atoms. The molecule has 0 saturated carbocycles. The highest BCUT2D eigenvalue weighted by Gasteiger charge is 2.26.